The number of hydrogen-bond donors (Lipinski definition) is 2. The van der Waals surface area contributed by atoms with Gasteiger partial charge in [0.15, 0.2) is 6.29 Å². The molecular weight excluding hydrogens is 769 g/mol. The summed E-state index contributed by atoms with van der Waals surface area (Å²) >= 11 is 94.0. The molecule has 212 valence electrons. The fourth-order valence-corrected chi connectivity index (χ4v) is 12.3. The van der Waals surface area contributed by atoms with Crippen molar-refractivity contribution in [2.24, 2.45) is 29.6 Å². The molecule has 0 spiro atoms. The summed E-state index contributed by atoms with van der Waals surface area (Å²) in [7, 11) is 0. The van der Waals surface area contributed by atoms with Gasteiger partial charge in [-0.15, -0.1) is 162 Å². The number of alkyl halides is 14. The van der Waals surface area contributed by atoms with Crippen LogP contribution in [-0.4, -0.2) is 91.8 Å². The molecular formula is C20H22Cl14O2. The molecule has 12 unspecified atom stereocenters. The Labute approximate surface area is 280 Å². The predicted octanol–water partition coefficient (Wildman–Crippen LogP) is 7.92. The van der Waals surface area contributed by atoms with Gasteiger partial charge in [0, 0.05) is 5.92 Å². The van der Waals surface area contributed by atoms with Crippen molar-refractivity contribution in [3.63, 3.8) is 0 Å². The van der Waals surface area contributed by atoms with Crippen LogP contribution in [0.3, 0.4) is 0 Å². The Morgan fingerprint density at radius 1 is 0.278 bits per heavy atom. The number of rotatable bonds is 4. The van der Waals surface area contributed by atoms with Crippen molar-refractivity contribution in [3.8, 4) is 0 Å². The quantitative estimate of drug-likeness (QED) is 0.225. The summed E-state index contributed by atoms with van der Waals surface area (Å²) in [4.78, 5) is 0. The van der Waals surface area contributed by atoms with Crippen molar-refractivity contribution in [2.75, 3.05) is 0 Å². The molecule has 3 rings (SSSR count). The standard InChI is InChI=1S/C20H22Cl14O2/c21-6-2(7(22)13(28)5(12(6)27)20(35)36)1(3-8(23)14(29)18(33)15(30)9(3)24)4-10(25)16(31)19(34)17(32)11(4)26/h1-20,35-36H. The van der Waals surface area contributed by atoms with E-state index in [-0.39, 0.29) is 0 Å². The van der Waals surface area contributed by atoms with Crippen molar-refractivity contribution in [3.05, 3.63) is 0 Å². The minimum atomic E-state index is -1.86. The van der Waals surface area contributed by atoms with Gasteiger partial charge in [0.2, 0.25) is 0 Å². The number of halogens is 14. The third kappa shape index (κ3) is 6.14. The van der Waals surface area contributed by atoms with Crippen LogP contribution in [-0.2, 0) is 0 Å². The number of aliphatic hydroxyl groups is 2. The van der Waals surface area contributed by atoms with Crippen LogP contribution in [0, 0.1) is 29.6 Å². The molecule has 3 aliphatic rings. The second kappa shape index (κ2) is 13.7. The second-order valence-electron chi connectivity index (χ2n) is 9.52. The second-order valence-corrected chi connectivity index (χ2v) is 16.6. The van der Waals surface area contributed by atoms with Crippen LogP contribution in [0.25, 0.3) is 0 Å². The highest BCUT2D eigenvalue weighted by Gasteiger charge is 2.63. The Hall–Kier alpha value is 3.98. The van der Waals surface area contributed by atoms with Crippen molar-refractivity contribution < 1.29 is 10.2 Å². The third-order valence-electron chi connectivity index (χ3n) is 7.66. The maximum absolute atomic E-state index is 9.93. The van der Waals surface area contributed by atoms with Crippen LogP contribution in [0.2, 0.25) is 0 Å². The van der Waals surface area contributed by atoms with Gasteiger partial charge in [0.05, 0.1) is 75.3 Å². The topological polar surface area (TPSA) is 40.5 Å². The molecule has 0 aliphatic heterocycles. The monoisotopic (exact) mass is 784 g/mol. The average molecular weight is 791 g/mol. The van der Waals surface area contributed by atoms with E-state index in [0.717, 1.165) is 0 Å². The Morgan fingerprint density at radius 3 is 0.667 bits per heavy atom. The van der Waals surface area contributed by atoms with Gasteiger partial charge in [-0.3, -0.25) is 0 Å². The molecule has 0 aromatic rings. The molecule has 12 atom stereocenters. The van der Waals surface area contributed by atoms with Crippen LogP contribution in [0.1, 0.15) is 0 Å². The number of aliphatic hydroxyl groups excluding tert-OH is 1. The van der Waals surface area contributed by atoms with Gasteiger partial charge in [-0.2, -0.15) is 0 Å². The first-order chi connectivity index (χ1) is 16.6. The summed E-state index contributed by atoms with van der Waals surface area (Å²) in [6.07, 6.45) is -1.86. The van der Waals surface area contributed by atoms with E-state index in [0.29, 0.717) is 0 Å². The third-order valence-corrected chi connectivity index (χ3v) is 16.7. The lowest BCUT2D eigenvalue weighted by atomic mass is 9.59. The Bertz CT molecular complexity index is 665. The van der Waals surface area contributed by atoms with Crippen LogP contribution in [0.4, 0.5) is 0 Å². The molecule has 2 N–H and O–H groups in total. The minimum absolute atomic E-state index is 0.698. The molecule has 3 fully saturated rings. The lowest BCUT2D eigenvalue weighted by Crippen LogP contribution is -2.65. The summed E-state index contributed by atoms with van der Waals surface area (Å²) in [6.45, 7) is 0. The van der Waals surface area contributed by atoms with Gasteiger partial charge < -0.3 is 10.2 Å². The van der Waals surface area contributed by atoms with Gasteiger partial charge in [-0.05, 0) is 23.7 Å². The van der Waals surface area contributed by atoms with Crippen molar-refractivity contribution >= 4 is 162 Å². The molecule has 3 aliphatic carbocycles. The molecule has 0 aromatic carbocycles. The first-order valence-corrected chi connectivity index (χ1v) is 17.0. The molecule has 16 heteroatoms. The maximum atomic E-state index is 9.93. The Morgan fingerprint density at radius 2 is 0.444 bits per heavy atom. The van der Waals surface area contributed by atoms with Gasteiger partial charge in [-0.1, -0.05) is 0 Å². The van der Waals surface area contributed by atoms with E-state index in [1.165, 1.54) is 0 Å². The van der Waals surface area contributed by atoms with Crippen molar-refractivity contribution in [1.82, 2.24) is 0 Å². The van der Waals surface area contributed by atoms with Crippen LogP contribution in [0.5, 0.6) is 0 Å². The summed E-state index contributed by atoms with van der Waals surface area (Å²) in [5, 5.41) is 8.01. The molecule has 0 bridgehead atoms. The molecule has 0 saturated heterocycles. The summed E-state index contributed by atoms with van der Waals surface area (Å²) in [6, 6.07) is 0. The first-order valence-electron chi connectivity index (χ1n) is 10.9. The molecule has 3 saturated carbocycles. The largest absolute Gasteiger partial charge is 0.368 e. The van der Waals surface area contributed by atoms with E-state index in [9.17, 15) is 10.2 Å². The van der Waals surface area contributed by atoms with E-state index in [2.05, 4.69) is 0 Å². The molecule has 0 heterocycles. The molecule has 2 nitrogen and oxygen atoms in total. The van der Waals surface area contributed by atoms with E-state index < -0.39 is 111 Å². The molecule has 0 aromatic heterocycles. The zero-order valence-electron chi connectivity index (χ0n) is 17.7. The van der Waals surface area contributed by atoms with E-state index in [1.807, 2.05) is 0 Å². The Balaban J connectivity index is 2.19. The highest BCUT2D eigenvalue weighted by Crippen LogP contribution is 2.58. The SMILES string of the molecule is OC(O)C1C(Cl)C(Cl)C(C(C2C(Cl)C(Cl)C(Cl)C(Cl)C2Cl)C2C(Cl)C(Cl)C(Cl)C(Cl)C2Cl)C(Cl)C1Cl. The zero-order chi connectivity index (χ0) is 27.5. The summed E-state index contributed by atoms with van der Waals surface area (Å²) in [5.41, 5.74) is 0. The van der Waals surface area contributed by atoms with Crippen LogP contribution >= 0.6 is 162 Å². The fourth-order valence-electron chi connectivity index (χ4n) is 5.83. The zero-order valence-corrected chi connectivity index (χ0v) is 28.3. The summed E-state index contributed by atoms with van der Waals surface area (Å²) < 4.78 is 0. The summed E-state index contributed by atoms with van der Waals surface area (Å²) in [5.74, 6) is -3.91. The van der Waals surface area contributed by atoms with Crippen molar-refractivity contribution in [1.29, 1.82) is 0 Å². The van der Waals surface area contributed by atoms with Crippen LogP contribution in [0.15, 0.2) is 0 Å². The lowest BCUT2D eigenvalue weighted by molar-refractivity contribution is -0.0952. The number of hydrogen-bond acceptors (Lipinski definition) is 2. The van der Waals surface area contributed by atoms with Crippen LogP contribution < -0.4 is 0 Å². The van der Waals surface area contributed by atoms with Gasteiger partial charge in [0.25, 0.3) is 0 Å². The Kier molecular flexibility index (Phi) is 13.2. The molecule has 36 heavy (non-hydrogen) atoms. The predicted molar refractivity (Wildman–Crippen MR) is 161 cm³/mol. The van der Waals surface area contributed by atoms with Gasteiger partial charge in [0.1, 0.15) is 0 Å². The maximum Gasteiger partial charge on any atom is 0.157 e. The fraction of sp³-hybridized carbons (Fsp3) is 1.00. The molecule has 0 amide bonds. The van der Waals surface area contributed by atoms with Crippen molar-refractivity contribution in [2.45, 2.75) is 81.6 Å². The normalized spacial score (nSPS) is 57.6. The average Bonchev–Trinajstić information content (AvgIpc) is 2.82. The highest BCUT2D eigenvalue weighted by molar-refractivity contribution is 6.43. The molecule has 0 radical (unpaired) electrons. The lowest BCUT2D eigenvalue weighted by Gasteiger charge is -2.57. The van der Waals surface area contributed by atoms with E-state index >= 15 is 0 Å². The first kappa shape index (κ1) is 34.5. The highest BCUT2D eigenvalue weighted by atomic mass is 35.5. The van der Waals surface area contributed by atoms with E-state index in [1.54, 1.807) is 0 Å². The van der Waals surface area contributed by atoms with Gasteiger partial charge in [-0.25, -0.2) is 0 Å². The minimum Gasteiger partial charge on any atom is -0.368 e. The van der Waals surface area contributed by atoms with Gasteiger partial charge >= 0.3 is 0 Å². The van der Waals surface area contributed by atoms with E-state index in [4.69, 9.17) is 162 Å². The smallest absolute Gasteiger partial charge is 0.157 e.